The summed E-state index contributed by atoms with van der Waals surface area (Å²) in [6.07, 6.45) is -0.625. The lowest BCUT2D eigenvalue weighted by molar-refractivity contribution is 0.215. The number of ether oxygens (including phenoxy) is 1. The Kier molecular flexibility index (Phi) is 4.73. The second-order valence-corrected chi connectivity index (χ2v) is 5.00. The number of hydrogen-bond acceptors (Lipinski definition) is 4. The number of carbonyl (C=O) groups is 1. The van der Waals surface area contributed by atoms with Crippen LogP contribution in [0.25, 0.3) is 0 Å². The summed E-state index contributed by atoms with van der Waals surface area (Å²) in [6.45, 7) is 0. The summed E-state index contributed by atoms with van der Waals surface area (Å²) in [7, 11) is -2.49. The van der Waals surface area contributed by atoms with Crippen molar-refractivity contribution >= 4 is 22.5 Å². The first-order valence-electron chi connectivity index (χ1n) is 5.88. The molecule has 2 aromatic carbocycles. The third-order valence-electron chi connectivity index (χ3n) is 2.44. The first-order chi connectivity index (χ1) is 9.63. The minimum Gasteiger partial charge on any atom is -0.410 e. The molecule has 5 nitrogen and oxygen atoms in total. The average Bonchev–Trinajstić information content (AvgIpc) is 2.39. The largest absolute Gasteiger partial charge is 0.417 e. The Morgan fingerprint density at radius 2 is 1.80 bits per heavy atom. The monoisotopic (exact) mass is 291 g/mol. The number of thiol groups is 1. The smallest absolute Gasteiger partial charge is 0.410 e. The van der Waals surface area contributed by atoms with Gasteiger partial charge in [-0.25, -0.2) is 13.2 Å². The molecule has 1 N–H and O–H groups in total. The molecule has 104 valence electrons. The number of nitrogens with one attached hydrogen (secondary N) is 1. The molecule has 0 heterocycles. The van der Waals surface area contributed by atoms with Crippen molar-refractivity contribution in [3.8, 4) is 5.75 Å². The lowest BCUT2D eigenvalue weighted by Crippen LogP contribution is -2.16. The lowest BCUT2D eigenvalue weighted by Gasteiger charge is -2.07. The van der Waals surface area contributed by atoms with Crippen LogP contribution in [0, 0.1) is 0 Å². The van der Waals surface area contributed by atoms with Gasteiger partial charge in [0, 0.05) is 5.69 Å². The maximum atomic E-state index is 11.7. The van der Waals surface area contributed by atoms with Crippen LogP contribution in [-0.4, -0.2) is 14.5 Å². The van der Waals surface area contributed by atoms with Crippen LogP contribution in [0.15, 0.2) is 54.6 Å². The van der Waals surface area contributed by atoms with Crippen LogP contribution in [-0.2, 0) is 16.5 Å². The summed E-state index contributed by atoms with van der Waals surface area (Å²) in [5, 5.41) is 2.55. The number of para-hydroxylation sites is 1. The topological polar surface area (TPSA) is 72.5 Å². The highest BCUT2D eigenvalue weighted by molar-refractivity contribution is 7.71. The number of carbonyl (C=O) groups excluding carboxylic acids is 1. The van der Waals surface area contributed by atoms with Crippen LogP contribution >= 0.6 is 0 Å². The van der Waals surface area contributed by atoms with Gasteiger partial charge in [-0.15, -0.1) is 0 Å². The molecule has 0 fully saturated rings. The molecule has 0 saturated heterocycles. The maximum absolute atomic E-state index is 11.7. The first-order valence-corrected chi connectivity index (χ1v) is 7.24. The molecule has 0 radical (unpaired) electrons. The Balaban J connectivity index is 2.01. The van der Waals surface area contributed by atoms with E-state index < -0.39 is 16.8 Å². The van der Waals surface area contributed by atoms with E-state index in [0.717, 1.165) is 0 Å². The molecule has 0 atom stereocenters. The normalized spacial score (nSPS) is 10.2. The van der Waals surface area contributed by atoms with Crippen LogP contribution in [0.3, 0.4) is 0 Å². The maximum Gasteiger partial charge on any atom is 0.417 e. The quantitative estimate of drug-likeness (QED) is 0.848. The van der Waals surface area contributed by atoms with Crippen molar-refractivity contribution in [1.29, 1.82) is 0 Å². The fraction of sp³-hybridized carbons (Fsp3) is 0.0714. The van der Waals surface area contributed by atoms with Gasteiger partial charge in [0.1, 0.15) is 16.5 Å². The lowest BCUT2D eigenvalue weighted by atomic mass is 10.2. The summed E-state index contributed by atoms with van der Waals surface area (Å²) in [4.78, 5) is 11.7. The van der Waals surface area contributed by atoms with Gasteiger partial charge < -0.3 is 4.74 Å². The summed E-state index contributed by atoms with van der Waals surface area (Å²) in [5.41, 5.74) is 1.10. The van der Waals surface area contributed by atoms with E-state index in [1.165, 1.54) is 0 Å². The first kappa shape index (κ1) is 14.1. The predicted molar refractivity (Wildman–Crippen MR) is 76.5 cm³/mol. The van der Waals surface area contributed by atoms with Crippen LogP contribution in [0.5, 0.6) is 5.75 Å². The highest BCUT2D eigenvalue weighted by Gasteiger charge is 2.05. The zero-order valence-corrected chi connectivity index (χ0v) is 11.4. The fourth-order valence-electron chi connectivity index (χ4n) is 1.64. The number of amides is 1. The molecule has 0 unspecified atom stereocenters. The Morgan fingerprint density at radius 3 is 2.50 bits per heavy atom. The summed E-state index contributed by atoms with van der Waals surface area (Å²) in [6, 6.07) is 15.3. The standard InChI is InChI=1S/C14H13NO4S/c16-14(19-13-7-2-1-3-8-13)15-12-6-4-5-11(9-12)10-20(17)18/h1-9,20H,10H2,(H,15,16). The van der Waals surface area contributed by atoms with Crippen LogP contribution in [0.2, 0.25) is 0 Å². The zero-order valence-electron chi connectivity index (χ0n) is 10.5. The molecule has 2 aromatic rings. The van der Waals surface area contributed by atoms with Crippen molar-refractivity contribution in [2.45, 2.75) is 5.75 Å². The number of hydrogen-bond donors (Lipinski definition) is 2. The Bertz CT molecular complexity index is 660. The molecule has 0 aliphatic rings. The van der Waals surface area contributed by atoms with Crippen LogP contribution in [0.1, 0.15) is 5.56 Å². The van der Waals surface area contributed by atoms with Gasteiger partial charge in [-0.1, -0.05) is 30.3 Å². The molecular weight excluding hydrogens is 278 g/mol. The van der Waals surface area contributed by atoms with Crippen molar-refractivity contribution in [1.82, 2.24) is 0 Å². The Morgan fingerprint density at radius 1 is 1.05 bits per heavy atom. The second kappa shape index (κ2) is 6.72. The predicted octanol–water partition coefficient (Wildman–Crippen LogP) is 2.41. The molecule has 0 saturated carbocycles. The molecule has 0 aromatic heterocycles. The van der Waals surface area contributed by atoms with Crippen molar-refractivity contribution < 1.29 is 17.9 Å². The highest BCUT2D eigenvalue weighted by atomic mass is 32.2. The van der Waals surface area contributed by atoms with E-state index >= 15 is 0 Å². The molecule has 0 bridgehead atoms. The van der Waals surface area contributed by atoms with Gasteiger partial charge in [-0.3, -0.25) is 5.32 Å². The zero-order chi connectivity index (χ0) is 14.4. The Hall–Kier alpha value is -2.34. The third-order valence-corrected chi connectivity index (χ3v) is 3.06. The van der Waals surface area contributed by atoms with E-state index in [2.05, 4.69) is 5.32 Å². The van der Waals surface area contributed by atoms with E-state index in [1.54, 1.807) is 48.5 Å². The number of benzene rings is 2. The average molecular weight is 291 g/mol. The van der Waals surface area contributed by atoms with Gasteiger partial charge in [0.25, 0.3) is 0 Å². The highest BCUT2D eigenvalue weighted by Crippen LogP contribution is 2.13. The van der Waals surface area contributed by atoms with E-state index in [-0.39, 0.29) is 5.75 Å². The number of rotatable bonds is 4. The van der Waals surface area contributed by atoms with Gasteiger partial charge in [-0.2, -0.15) is 0 Å². The van der Waals surface area contributed by atoms with Crippen molar-refractivity contribution in [3.63, 3.8) is 0 Å². The molecule has 0 aliphatic heterocycles. The Labute approximate surface area is 118 Å². The van der Waals surface area contributed by atoms with Gasteiger partial charge >= 0.3 is 6.09 Å². The van der Waals surface area contributed by atoms with Gasteiger partial charge in [0.2, 0.25) is 0 Å². The van der Waals surface area contributed by atoms with E-state index in [1.807, 2.05) is 6.07 Å². The van der Waals surface area contributed by atoms with Crippen molar-refractivity contribution in [2.75, 3.05) is 5.32 Å². The molecule has 2 rings (SSSR count). The molecule has 1 amide bonds. The van der Waals surface area contributed by atoms with Crippen LogP contribution < -0.4 is 10.1 Å². The van der Waals surface area contributed by atoms with Gasteiger partial charge in [0.15, 0.2) is 0 Å². The molecular formula is C14H13NO4S. The fourth-order valence-corrected chi connectivity index (χ4v) is 2.13. The summed E-state index contributed by atoms with van der Waals surface area (Å²) < 4.78 is 26.4. The van der Waals surface area contributed by atoms with E-state index in [4.69, 9.17) is 4.74 Å². The van der Waals surface area contributed by atoms with E-state index in [0.29, 0.717) is 17.0 Å². The molecule has 0 spiro atoms. The van der Waals surface area contributed by atoms with Crippen LogP contribution in [0.4, 0.5) is 10.5 Å². The summed E-state index contributed by atoms with van der Waals surface area (Å²) >= 11 is 0. The molecule has 6 heteroatoms. The van der Waals surface area contributed by atoms with E-state index in [9.17, 15) is 13.2 Å². The third kappa shape index (κ3) is 4.40. The minimum atomic E-state index is -2.49. The number of anilines is 1. The molecule has 20 heavy (non-hydrogen) atoms. The minimum absolute atomic E-state index is 0.0570. The second-order valence-electron chi connectivity index (χ2n) is 4.02. The van der Waals surface area contributed by atoms with Gasteiger partial charge in [0.05, 0.1) is 5.75 Å². The SMILES string of the molecule is O=C(Nc1cccc(C[SH](=O)=O)c1)Oc1ccccc1. The summed E-state index contributed by atoms with van der Waals surface area (Å²) in [5.74, 6) is 0.377. The molecule has 0 aliphatic carbocycles. The van der Waals surface area contributed by atoms with Crippen molar-refractivity contribution in [3.05, 3.63) is 60.2 Å². The van der Waals surface area contributed by atoms with Crippen molar-refractivity contribution in [2.24, 2.45) is 0 Å². The van der Waals surface area contributed by atoms with Gasteiger partial charge in [-0.05, 0) is 29.8 Å².